The molecule has 0 spiro atoms. The first-order valence-corrected chi connectivity index (χ1v) is 4.87. The largest absolute Gasteiger partial charge is 0.381 e. The van der Waals surface area contributed by atoms with Crippen molar-refractivity contribution >= 4 is 12.6 Å². The third-order valence-electron chi connectivity index (χ3n) is 3.06. The van der Waals surface area contributed by atoms with Crippen LogP contribution in [0.5, 0.6) is 0 Å². The third kappa shape index (κ3) is 1.57. The first kappa shape index (κ1) is 9.40. The highest BCUT2D eigenvalue weighted by atomic mass is 32.1. The van der Waals surface area contributed by atoms with Crippen molar-refractivity contribution in [3.63, 3.8) is 0 Å². The molecule has 0 bridgehead atoms. The second kappa shape index (κ2) is 3.36. The van der Waals surface area contributed by atoms with Gasteiger partial charge in [-0.2, -0.15) is 12.6 Å². The Balaban J connectivity index is 2.70. The smallest absolute Gasteiger partial charge is 0.0536 e. The highest BCUT2D eigenvalue weighted by Gasteiger charge is 2.41. The topological polar surface area (TPSA) is 9.23 Å². The Morgan fingerprint density at radius 1 is 1.36 bits per heavy atom. The quantitative estimate of drug-likeness (QED) is 0.632. The fraction of sp³-hybridized carbons (Fsp3) is 1.00. The van der Waals surface area contributed by atoms with Crippen LogP contribution in [0.4, 0.5) is 0 Å². The minimum absolute atomic E-state index is 0.336. The maximum absolute atomic E-state index is 5.43. The Hall–Kier alpha value is 0.310. The normalized spacial score (nSPS) is 34.6. The summed E-state index contributed by atoms with van der Waals surface area (Å²) in [5.74, 6) is 0.678. The van der Waals surface area contributed by atoms with Crippen LogP contribution in [0.2, 0.25) is 0 Å². The molecule has 0 saturated carbocycles. The molecule has 1 fully saturated rings. The van der Waals surface area contributed by atoms with E-state index in [9.17, 15) is 0 Å². The van der Waals surface area contributed by atoms with E-state index in [4.69, 9.17) is 4.74 Å². The zero-order chi connectivity index (χ0) is 8.48. The van der Waals surface area contributed by atoms with Crippen LogP contribution in [-0.2, 0) is 4.74 Å². The van der Waals surface area contributed by atoms with Gasteiger partial charge < -0.3 is 4.74 Å². The monoisotopic (exact) mass is 174 g/mol. The molecule has 2 atom stereocenters. The van der Waals surface area contributed by atoms with Crippen molar-refractivity contribution in [3.8, 4) is 0 Å². The van der Waals surface area contributed by atoms with E-state index in [0.717, 1.165) is 13.2 Å². The van der Waals surface area contributed by atoms with Crippen LogP contribution in [-0.4, -0.2) is 18.5 Å². The second-order valence-corrected chi connectivity index (χ2v) is 4.64. The van der Waals surface area contributed by atoms with Gasteiger partial charge in [0.2, 0.25) is 0 Å². The lowest BCUT2D eigenvalue weighted by Crippen LogP contribution is -2.35. The summed E-state index contributed by atoms with van der Waals surface area (Å²) in [5.41, 5.74) is 0.336. The number of rotatable bonds is 2. The molecule has 0 N–H and O–H groups in total. The number of hydrogen-bond acceptors (Lipinski definition) is 2. The fourth-order valence-corrected chi connectivity index (χ4v) is 2.37. The predicted octanol–water partition coefficient (Wildman–Crippen LogP) is 2.37. The van der Waals surface area contributed by atoms with Crippen molar-refractivity contribution < 1.29 is 4.74 Å². The van der Waals surface area contributed by atoms with Crippen molar-refractivity contribution in [1.82, 2.24) is 0 Å². The molecule has 1 nitrogen and oxygen atoms in total. The van der Waals surface area contributed by atoms with Crippen molar-refractivity contribution in [2.75, 3.05) is 13.2 Å². The van der Waals surface area contributed by atoms with Gasteiger partial charge in [0.25, 0.3) is 0 Å². The minimum Gasteiger partial charge on any atom is -0.381 e. The summed E-state index contributed by atoms with van der Waals surface area (Å²) in [7, 11) is 0. The van der Waals surface area contributed by atoms with Crippen LogP contribution in [0.3, 0.4) is 0 Å². The van der Waals surface area contributed by atoms with Crippen LogP contribution in [0.1, 0.15) is 27.2 Å². The number of ether oxygens (including phenoxy) is 1. The van der Waals surface area contributed by atoms with Gasteiger partial charge in [0.15, 0.2) is 0 Å². The SMILES string of the molecule is CC(C)C1(C(C)S)CCOC1. The zero-order valence-corrected chi connectivity index (χ0v) is 8.53. The number of hydrogen-bond donors (Lipinski definition) is 1. The van der Waals surface area contributed by atoms with E-state index >= 15 is 0 Å². The average molecular weight is 174 g/mol. The van der Waals surface area contributed by atoms with Crippen molar-refractivity contribution in [3.05, 3.63) is 0 Å². The maximum Gasteiger partial charge on any atom is 0.0536 e. The van der Waals surface area contributed by atoms with Crippen molar-refractivity contribution in [2.45, 2.75) is 32.4 Å². The summed E-state index contributed by atoms with van der Waals surface area (Å²) in [6.07, 6.45) is 1.18. The van der Waals surface area contributed by atoms with Crippen LogP contribution in [0, 0.1) is 11.3 Å². The minimum atomic E-state index is 0.336. The highest BCUT2D eigenvalue weighted by molar-refractivity contribution is 7.81. The molecule has 1 aliphatic heterocycles. The Kier molecular flexibility index (Phi) is 2.87. The van der Waals surface area contributed by atoms with Gasteiger partial charge in [-0.25, -0.2) is 0 Å². The van der Waals surface area contributed by atoms with E-state index in [-0.39, 0.29) is 0 Å². The van der Waals surface area contributed by atoms with Gasteiger partial charge in [0.05, 0.1) is 6.61 Å². The maximum atomic E-state index is 5.43. The molecule has 0 radical (unpaired) electrons. The molecule has 0 aromatic rings. The van der Waals surface area contributed by atoms with Gasteiger partial charge in [-0.05, 0) is 12.3 Å². The Labute approximate surface area is 74.9 Å². The summed E-state index contributed by atoms with van der Waals surface area (Å²) < 4.78 is 5.43. The summed E-state index contributed by atoms with van der Waals surface area (Å²) in [5, 5.41) is 0.449. The first-order valence-electron chi connectivity index (χ1n) is 4.35. The molecule has 0 aromatic carbocycles. The first-order chi connectivity index (χ1) is 5.09. The molecular weight excluding hydrogens is 156 g/mol. The molecule has 1 saturated heterocycles. The van der Waals surface area contributed by atoms with E-state index in [2.05, 4.69) is 33.4 Å². The lowest BCUT2D eigenvalue weighted by Gasteiger charge is -2.35. The molecule has 0 aromatic heterocycles. The van der Waals surface area contributed by atoms with Gasteiger partial charge in [0.1, 0.15) is 0 Å². The van der Waals surface area contributed by atoms with Crippen molar-refractivity contribution in [2.24, 2.45) is 11.3 Å². The molecule has 1 rings (SSSR count). The Morgan fingerprint density at radius 3 is 2.18 bits per heavy atom. The Morgan fingerprint density at radius 2 is 2.00 bits per heavy atom. The molecular formula is C9H18OS. The van der Waals surface area contributed by atoms with E-state index in [1.807, 2.05) is 0 Å². The molecule has 11 heavy (non-hydrogen) atoms. The lowest BCUT2D eigenvalue weighted by atomic mass is 9.74. The lowest BCUT2D eigenvalue weighted by molar-refractivity contribution is 0.121. The van der Waals surface area contributed by atoms with Gasteiger partial charge in [0, 0.05) is 17.3 Å². The fourth-order valence-electron chi connectivity index (χ4n) is 1.86. The third-order valence-corrected chi connectivity index (χ3v) is 3.58. The molecule has 0 aliphatic carbocycles. The molecule has 66 valence electrons. The zero-order valence-electron chi connectivity index (χ0n) is 7.63. The summed E-state index contributed by atoms with van der Waals surface area (Å²) >= 11 is 4.54. The van der Waals surface area contributed by atoms with Gasteiger partial charge in [-0.3, -0.25) is 0 Å². The summed E-state index contributed by atoms with van der Waals surface area (Å²) in [4.78, 5) is 0. The van der Waals surface area contributed by atoms with Crippen LogP contribution in [0.15, 0.2) is 0 Å². The van der Waals surface area contributed by atoms with Gasteiger partial charge in [-0.15, -0.1) is 0 Å². The van der Waals surface area contributed by atoms with E-state index in [1.54, 1.807) is 0 Å². The molecule has 2 heteroatoms. The standard InChI is InChI=1S/C9H18OS/c1-7(2)9(8(3)11)4-5-10-6-9/h7-8,11H,4-6H2,1-3H3. The molecule has 1 aliphatic rings. The van der Waals surface area contributed by atoms with Crippen LogP contribution < -0.4 is 0 Å². The van der Waals surface area contributed by atoms with Gasteiger partial charge >= 0.3 is 0 Å². The second-order valence-electron chi connectivity index (χ2n) is 3.87. The summed E-state index contributed by atoms with van der Waals surface area (Å²) in [6.45, 7) is 8.53. The molecule has 1 heterocycles. The van der Waals surface area contributed by atoms with E-state index in [1.165, 1.54) is 6.42 Å². The van der Waals surface area contributed by atoms with Crippen molar-refractivity contribution in [1.29, 1.82) is 0 Å². The number of thiol groups is 1. The van der Waals surface area contributed by atoms with Crippen LogP contribution in [0.25, 0.3) is 0 Å². The van der Waals surface area contributed by atoms with E-state index < -0.39 is 0 Å². The van der Waals surface area contributed by atoms with E-state index in [0.29, 0.717) is 16.6 Å². The summed E-state index contributed by atoms with van der Waals surface area (Å²) in [6, 6.07) is 0. The average Bonchev–Trinajstić information content (AvgIpc) is 2.34. The van der Waals surface area contributed by atoms with Gasteiger partial charge in [-0.1, -0.05) is 20.8 Å². The molecule has 2 unspecified atom stereocenters. The van der Waals surface area contributed by atoms with Crippen LogP contribution >= 0.6 is 12.6 Å². The predicted molar refractivity (Wildman–Crippen MR) is 51.2 cm³/mol. The highest BCUT2D eigenvalue weighted by Crippen LogP contribution is 2.41. The Bertz CT molecular complexity index is 116. The molecule has 0 amide bonds.